The molecular formula is C24H30N6O2. The number of H-pyrrole nitrogens is 1. The molecule has 0 saturated carbocycles. The Bertz CT molecular complexity index is 1130. The van der Waals surface area contributed by atoms with Crippen LogP contribution >= 0.6 is 0 Å². The minimum Gasteiger partial charge on any atom is -0.404 e. The van der Waals surface area contributed by atoms with Gasteiger partial charge in [-0.05, 0) is 18.1 Å². The molecule has 0 aliphatic carbocycles. The highest BCUT2D eigenvalue weighted by Crippen LogP contribution is 2.29. The van der Waals surface area contributed by atoms with Crippen LogP contribution in [0.3, 0.4) is 0 Å². The number of fused-ring (bicyclic) bond motifs is 1. The van der Waals surface area contributed by atoms with E-state index in [1.807, 2.05) is 29.3 Å². The highest BCUT2D eigenvalue weighted by molar-refractivity contribution is 6.12. The van der Waals surface area contributed by atoms with E-state index in [1.54, 1.807) is 26.4 Å². The van der Waals surface area contributed by atoms with Crippen molar-refractivity contribution >= 4 is 40.0 Å². The molecule has 1 aromatic carbocycles. The second-order valence-electron chi connectivity index (χ2n) is 8.15. The smallest absolute Gasteiger partial charge is 0.219 e. The van der Waals surface area contributed by atoms with Crippen molar-refractivity contribution in [1.29, 1.82) is 0 Å². The van der Waals surface area contributed by atoms with E-state index in [-0.39, 0.29) is 11.9 Å². The molecule has 2 fully saturated rings. The van der Waals surface area contributed by atoms with Crippen molar-refractivity contribution in [3.63, 3.8) is 0 Å². The number of aromatic amines is 1. The summed E-state index contributed by atoms with van der Waals surface area (Å²) in [5.74, 6) is 0.0424. The van der Waals surface area contributed by atoms with Crippen LogP contribution in [0.4, 0.5) is 0 Å². The van der Waals surface area contributed by atoms with Crippen LogP contribution in [0.15, 0.2) is 46.2 Å². The molecule has 0 radical (unpaired) electrons. The van der Waals surface area contributed by atoms with Gasteiger partial charge in [0.1, 0.15) is 0 Å². The lowest BCUT2D eigenvalue weighted by atomic mass is 9.95. The summed E-state index contributed by atoms with van der Waals surface area (Å²) >= 11 is 0. The second-order valence-corrected chi connectivity index (χ2v) is 8.15. The fourth-order valence-electron chi connectivity index (χ4n) is 4.29. The number of hydrogen-bond acceptors (Lipinski definition) is 6. The van der Waals surface area contributed by atoms with Crippen LogP contribution in [0, 0.1) is 0 Å². The number of carbonyl (C=O) groups excluding carboxylic acids is 1. The monoisotopic (exact) mass is 434 g/mol. The zero-order chi connectivity index (χ0) is 22.7. The van der Waals surface area contributed by atoms with Crippen molar-refractivity contribution in [3.05, 3.63) is 47.3 Å². The summed E-state index contributed by atoms with van der Waals surface area (Å²) in [4.78, 5) is 26.2. The maximum Gasteiger partial charge on any atom is 0.219 e. The van der Waals surface area contributed by atoms with Crippen LogP contribution in [0.2, 0.25) is 0 Å². The Morgan fingerprint density at radius 3 is 2.91 bits per heavy atom. The summed E-state index contributed by atoms with van der Waals surface area (Å²) in [6.07, 6.45) is 6.80. The molecule has 0 bridgehead atoms. The number of aromatic nitrogens is 1. The zero-order valence-corrected chi connectivity index (χ0v) is 18.6. The largest absolute Gasteiger partial charge is 0.404 e. The lowest BCUT2D eigenvalue weighted by Gasteiger charge is -2.30. The molecule has 0 spiro atoms. The number of carbonyl (C=O) groups is 1. The van der Waals surface area contributed by atoms with Crippen LogP contribution in [0.1, 0.15) is 30.9 Å². The first kappa shape index (κ1) is 21.8. The van der Waals surface area contributed by atoms with Gasteiger partial charge in [-0.2, -0.15) is 0 Å². The average molecular weight is 435 g/mol. The van der Waals surface area contributed by atoms with Crippen LogP contribution in [0.25, 0.3) is 22.2 Å². The zero-order valence-electron chi connectivity index (χ0n) is 18.6. The number of amides is 1. The van der Waals surface area contributed by atoms with Gasteiger partial charge in [0.05, 0.1) is 12.6 Å². The number of aliphatic imine (C=N–C) groups is 2. The number of rotatable bonds is 4. The molecule has 8 heteroatoms. The number of hydrogen-bond donors (Lipinski definition) is 3. The number of benzene rings is 1. The second kappa shape index (κ2) is 9.40. The van der Waals surface area contributed by atoms with E-state index in [9.17, 15) is 4.79 Å². The number of piperidine rings is 1. The lowest BCUT2D eigenvalue weighted by molar-refractivity contribution is -0.128. The van der Waals surface area contributed by atoms with Crippen molar-refractivity contribution in [2.45, 2.75) is 25.8 Å². The Morgan fingerprint density at radius 2 is 2.22 bits per heavy atom. The van der Waals surface area contributed by atoms with E-state index in [1.165, 1.54) is 0 Å². The Labute approximate surface area is 187 Å². The molecule has 2 aliphatic rings. The van der Waals surface area contributed by atoms with Gasteiger partial charge in [0.25, 0.3) is 0 Å². The number of nitrogens with zero attached hydrogens (tertiary/aromatic N) is 3. The molecule has 1 aromatic heterocycles. The van der Waals surface area contributed by atoms with E-state index in [0.717, 1.165) is 51.9 Å². The predicted molar refractivity (Wildman–Crippen MR) is 130 cm³/mol. The highest BCUT2D eigenvalue weighted by Gasteiger charge is 2.27. The summed E-state index contributed by atoms with van der Waals surface area (Å²) in [5.41, 5.74) is 18.7. The summed E-state index contributed by atoms with van der Waals surface area (Å²) in [5, 5.41) is 1.01. The fourth-order valence-corrected chi connectivity index (χ4v) is 4.29. The van der Waals surface area contributed by atoms with Gasteiger partial charge in [-0.3, -0.25) is 14.8 Å². The minimum atomic E-state index is 0.0424. The van der Waals surface area contributed by atoms with Crippen molar-refractivity contribution in [2.24, 2.45) is 21.5 Å². The molecule has 2 aliphatic heterocycles. The third kappa shape index (κ3) is 4.31. The molecule has 1 amide bonds. The van der Waals surface area contributed by atoms with Crippen LogP contribution in [0.5, 0.6) is 0 Å². The molecule has 1 atom stereocenters. The SMILES string of the molecule is CN=CC(=CN)c1ccc2c(C(N)=C3CN(C(C)=O)CCC3=NC3CCOC3)c[nH]c2c1. The van der Waals surface area contributed by atoms with Gasteiger partial charge < -0.3 is 26.1 Å². The number of allylic oxidation sites excluding steroid dienone is 1. The number of ether oxygens (including phenoxy) is 1. The molecule has 3 heterocycles. The van der Waals surface area contributed by atoms with E-state index in [0.29, 0.717) is 31.8 Å². The number of nitrogens with one attached hydrogen (secondary N) is 1. The number of nitrogens with two attached hydrogens (primary N) is 2. The molecule has 2 saturated heterocycles. The Morgan fingerprint density at radius 1 is 1.38 bits per heavy atom. The summed E-state index contributed by atoms with van der Waals surface area (Å²) in [6.45, 7) is 4.09. The lowest BCUT2D eigenvalue weighted by Crippen LogP contribution is -2.40. The molecule has 8 nitrogen and oxygen atoms in total. The molecule has 32 heavy (non-hydrogen) atoms. The quantitative estimate of drug-likeness (QED) is 0.639. The summed E-state index contributed by atoms with van der Waals surface area (Å²) < 4.78 is 5.49. The van der Waals surface area contributed by atoms with E-state index < -0.39 is 0 Å². The van der Waals surface area contributed by atoms with Gasteiger partial charge in [0.15, 0.2) is 0 Å². The van der Waals surface area contributed by atoms with Gasteiger partial charge in [-0.25, -0.2) is 0 Å². The van der Waals surface area contributed by atoms with Gasteiger partial charge in [-0.1, -0.05) is 12.1 Å². The molecule has 4 rings (SSSR count). The fraction of sp³-hybridized carbons (Fsp3) is 0.375. The molecule has 5 N–H and O–H groups in total. The average Bonchev–Trinajstić information content (AvgIpc) is 3.46. The standard InChI is InChI=1S/C24H30N6O2/c1-15(31)30-7-5-22(29-18-6-8-32-14-18)21(13-30)24(26)20-12-28-23-9-16(3-4-19(20)23)17(10-25)11-27-2/h3-4,9-12,18,28H,5-8,13-14,25-26H2,1-2H3. The summed E-state index contributed by atoms with van der Waals surface area (Å²) in [6, 6.07) is 6.23. The predicted octanol–water partition coefficient (Wildman–Crippen LogP) is 2.32. The third-order valence-electron chi connectivity index (χ3n) is 6.08. The van der Waals surface area contributed by atoms with Crippen LogP contribution in [-0.2, 0) is 9.53 Å². The van der Waals surface area contributed by atoms with Gasteiger partial charge in [0.2, 0.25) is 5.91 Å². The van der Waals surface area contributed by atoms with E-state index in [4.69, 9.17) is 21.2 Å². The molecular weight excluding hydrogens is 404 g/mol. The summed E-state index contributed by atoms with van der Waals surface area (Å²) in [7, 11) is 1.72. The van der Waals surface area contributed by atoms with Gasteiger partial charge >= 0.3 is 0 Å². The van der Waals surface area contributed by atoms with Gasteiger partial charge in [0, 0.05) is 97.7 Å². The maximum absolute atomic E-state index is 12.1. The Kier molecular flexibility index (Phi) is 6.41. The Hall–Kier alpha value is -3.39. The van der Waals surface area contributed by atoms with E-state index >= 15 is 0 Å². The highest BCUT2D eigenvalue weighted by atomic mass is 16.5. The van der Waals surface area contributed by atoms with Crippen molar-refractivity contribution in [1.82, 2.24) is 9.88 Å². The Balaban J connectivity index is 1.76. The first-order valence-corrected chi connectivity index (χ1v) is 10.9. The topological polar surface area (TPSA) is 122 Å². The van der Waals surface area contributed by atoms with E-state index in [2.05, 4.69) is 9.98 Å². The minimum absolute atomic E-state index is 0.0424. The van der Waals surface area contributed by atoms with Crippen LogP contribution in [-0.4, -0.2) is 67.1 Å². The first-order valence-electron chi connectivity index (χ1n) is 10.9. The van der Waals surface area contributed by atoms with Crippen molar-refractivity contribution in [3.8, 4) is 0 Å². The molecule has 168 valence electrons. The van der Waals surface area contributed by atoms with Crippen molar-refractivity contribution in [2.75, 3.05) is 33.4 Å². The normalized spacial score (nSPS) is 22.9. The first-order chi connectivity index (χ1) is 15.5. The third-order valence-corrected chi connectivity index (χ3v) is 6.08. The maximum atomic E-state index is 12.1. The van der Waals surface area contributed by atoms with Crippen LogP contribution < -0.4 is 11.5 Å². The van der Waals surface area contributed by atoms with Gasteiger partial charge in [-0.15, -0.1) is 0 Å². The molecule has 2 aromatic rings. The molecule has 1 unspecified atom stereocenters. The van der Waals surface area contributed by atoms with Crippen molar-refractivity contribution < 1.29 is 9.53 Å². The number of likely N-dealkylation sites (tertiary alicyclic amines) is 1.